The molecule has 1 aliphatic heterocycles. The number of ether oxygens (including phenoxy) is 2. The van der Waals surface area contributed by atoms with Crippen LogP contribution in [0.4, 0.5) is 0 Å². The van der Waals surface area contributed by atoms with Crippen LogP contribution in [0.1, 0.15) is 61.0 Å². The van der Waals surface area contributed by atoms with Crippen LogP contribution >= 0.6 is 0 Å². The minimum absolute atomic E-state index is 0.137. The van der Waals surface area contributed by atoms with Crippen molar-refractivity contribution in [2.45, 2.75) is 52.2 Å². The first-order valence-corrected chi connectivity index (χ1v) is 9.50. The average Bonchev–Trinajstić information content (AvgIpc) is 3.25. The lowest BCUT2D eigenvalue weighted by atomic mass is 9.96. The molecule has 3 heterocycles. The van der Waals surface area contributed by atoms with Crippen LogP contribution in [-0.4, -0.2) is 40.1 Å². The van der Waals surface area contributed by atoms with E-state index in [0.29, 0.717) is 24.8 Å². The third-order valence-corrected chi connectivity index (χ3v) is 5.15. The molecule has 0 radical (unpaired) electrons. The van der Waals surface area contributed by atoms with Crippen molar-refractivity contribution in [2.24, 2.45) is 13.0 Å². The molecular formula is C19H28N4O4. The summed E-state index contributed by atoms with van der Waals surface area (Å²) in [6.45, 7) is 7.44. The van der Waals surface area contributed by atoms with E-state index in [1.807, 2.05) is 6.92 Å². The highest BCUT2D eigenvalue weighted by Gasteiger charge is 2.27. The molecule has 2 aromatic rings. The number of aromatic nitrogens is 3. The highest BCUT2D eigenvalue weighted by molar-refractivity contribution is 5.93. The van der Waals surface area contributed by atoms with E-state index in [2.05, 4.69) is 29.4 Å². The summed E-state index contributed by atoms with van der Waals surface area (Å²) in [6, 6.07) is 1.82. The number of amides is 1. The Kier molecular flexibility index (Phi) is 6.15. The molecule has 2 atom stereocenters. The van der Waals surface area contributed by atoms with Crippen LogP contribution in [-0.2, 0) is 11.8 Å². The molecule has 0 aliphatic carbocycles. The molecule has 0 spiro atoms. The zero-order valence-electron chi connectivity index (χ0n) is 16.4. The Morgan fingerprint density at radius 3 is 2.81 bits per heavy atom. The first-order valence-electron chi connectivity index (χ1n) is 9.50. The maximum atomic E-state index is 12.6. The molecule has 2 unspecified atom stereocenters. The first-order chi connectivity index (χ1) is 13.0. The second-order valence-corrected chi connectivity index (χ2v) is 7.11. The van der Waals surface area contributed by atoms with Crippen molar-refractivity contribution >= 4 is 5.91 Å². The smallest absolute Gasteiger partial charge is 0.269 e. The predicted octanol–water partition coefficient (Wildman–Crippen LogP) is 2.79. The van der Waals surface area contributed by atoms with Gasteiger partial charge in [-0.2, -0.15) is 0 Å². The Bertz CT molecular complexity index is 764. The molecule has 0 saturated carbocycles. The molecule has 1 saturated heterocycles. The molecule has 2 aromatic heterocycles. The molecule has 3 rings (SSSR count). The zero-order chi connectivity index (χ0) is 19.4. The summed E-state index contributed by atoms with van der Waals surface area (Å²) >= 11 is 0. The largest absolute Gasteiger partial charge is 0.468 e. The average molecular weight is 376 g/mol. The summed E-state index contributed by atoms with van der Waals surface area (Å²) in [6.07, 6.45) is 4.04. The maximum absolute atomic E-state index is 12.6. The second kappa shape index (κ2) is 8.56. The predicted molar refractivity (Wildman–Crippen MR) is 98.6 cm³/mol. The van der Waals surface area contributed by atoms with Crippen LogP contribution in [0, 0.1) is 12.8 Å². The van der Waals surface area contributed by atoms with Gasteiger partial charge in [-0.1, -0.05) is 19.0 Å². The number of rotatable bonds is 7. The van der Waals surface area contributed by atoms with Crippen molar-refractivity contribution in [3.63, 3.8) is 0 Å². The number of nitrogens with zero attached hydrogens (tertiary/aromatic N) is 3. The molecule has 8 heteroatoms. The van der Waals surface area contributed by atoms with Crippen molar-refractivity contribution in [1.29, 1.82) is 0 Å². The normalized spacial score (nSPS) is 17.5. The SMILES string of the molecule is CCC(C)C(Oc1cc(C(=O)NC2CCOCC2)n(C)n1)c1cnoc1C. The number of hydrogen-bond donors (Lipinski definition) is 1. The second-order valence-electron chi connectivity index (χ2n) is 7.11. The van der Waals surface area contributed by atoms with E-state index in [1.165, 1.54) is 0 Å². The third kappa shape index (κ3) is 4.50. The summed E-state index contributed by atoms with van der Waals surface area (Å²) in [5, 5.41) is 11.3. The van der Waals surface area contributed by atoms with E-state index in [4.69, 9.17) is 14.0 Å². The van der Waals surface area contributed by atoms with Crippen LogP contribution in [0.25, 0.3) is 0 Å². The zero-order valence-corrected chi connectivity index (χ0v) is 16.4. The first kappa shape index (κ1) is 19.4. The fraction of sp³-hybridized carbons (Fsp3) is 0.632. The van der Waals surface area contributed by atoms with Crippen LogP contribution in [0.15, 0.2) is 16.8 Å². The van der Waals surface area contributed by atoms with Crippen LogP contribution in [0.2, 0.25) is 0 Å². The number of carbonyl (C=O) groups is 1. The van der Waals surface area contributed by atoms with Gasteiger partial charge in [0.15, 0.2) is 0 Å². The Balaban J connectivity index is 1.74. The fourth-order valence-corrected chi connectivity index (χ4v) is 3.22. The Morgan fingerprint density at radius 2 is 2.19 bits per heavy atom. The van der Waals surface area contributed by atoms with Gasteiger partial charge in [-0.15, -0.1) is 5.10 Å². The lowest BCUT2D eigenvalue weighted by Gasteiger charge is -2.23. The standard InChI is InChI=1S/C19H28N4O4/c1-5-12(2)18(15-11-20-27-13(15)3)26-17-10-16(23(4)22-17)19(24)21-14-6-8-25-9-7-14/h10-12,14,18H,5-9H2,1-4H3,(H,21,24). The Morgan fingerprint density at radius 1 is 1.44 bits per heavy atom. The van der Waals surface area contributed by atoms with Crippen LogP contribution < -0.4 is 10.1 Å². The monoisotopic (exact) mass is 376 g/mol. The molecule has 0 aromatic carbocycles. The van der Waals surface area contributed by atoms with E-state index >= 15 is 0 Å². The van der Waals surface area contributed by atoms with Gasteiger partial charge >= 0.3 is 0 Å². The lowest BCUT2D eigenvalue weighted by molar-refractivity contribution is 0.0692. The van der Waals surface area contributed by atoms with Crippen molar-refractivity contribution in [3.8, 4) is 5.88 Å². The number of hydrogen-bond acceptors (Lipinski definition) is 6. The minimum Gasteiger partial charge on any atom is -0.468 e. The molecule has 1 N–H and O–H groups in total. The molecule has 27 heavy (non-hydrogen) atoms. The third-order valence-electron chi connectivity index (χ3n) is 5.15. The number of carbonyl (C=O) groups excluding carboxylic acids is 1. The number of nitrogens with one attached hydrogen (secondary N) is 1. The quantitative estimate of drug-likeness (QED) is 0.799. The van der Waals surface area contributed by atoms with Gasteiger partial charge in [-0.3, -0.25) is 9.48 Å². The summed E-state index contributed by atoms with van der Waals surface area (Å²) < 4.78 is 18.3. The maximum Gasteiger partial charge on any atom is 0.269 e. The Hall–Kier alpha value is -2.35. The molecule has 0 bridgehead atoms. The topological polar surface area (TPSA) is 91.4 Å². The number of aryl methyl sites for hydroxylation is 2. The van der Waals surface area contributed by atoms with Crippen LogP contribution in [0.5, 0.6) is 5.88 Å². The van der Waals surface area contributed by atoms with Crippen molar-refractivity contribution in [3.05, 3.63) is 29.3 Å². The Labute approximate surface area is 159 Å². The van der Waals surface area contributed by atoms with Gasteiger partial charge in [0.2, 0.25) is 5.88 Å². The van der Waals surface area contributed by atoms with Gasteiger partial charge in [0.25, 0.3) is 5.91 Å². The van der Waals surface area contributed by atoms with Crippen molar-refractivity contribution in [2.75, 3.05) is 13.2 Å². The molecule has 1 fully saturated rings. The van der Waals surface area contributed by atoms with Gasteiger partial charge in [-0.05, 0) is 32.1 Å². The summed E-state index contributed by atoms with van der Waals surface area (Å²) in [5.41, 5.74) is 1.38. The van der Waals surface area contributed by atoms with Crippen molar-refractivity contribution < 1.29 is 18.8 Å². The molecule has 148 valence electrons. The van der Waals surface area contributed by atoms with E-state index in [9.17, 15) is 4.79 Å². The minimum atomic E-state index is -0.234. The van der Waals surface area contributed by atoms with Crippen molar-refractivity contribution in [1.82, 2.24) is 20.3 Å². The summed E-state index contributed by atoms with van der Waals surface area (Å²) in [7, 11) is 1.74. The summed E-state index contributed by atoms with van der Waals surface area (Å²) in [4.78, 5) is 12.6. The highest BCUT2D eigenvalue weighted by atomic mass is 16.5. The van der Waals surface area contributed by atoms with E-state index < -0.39 is 0 Å². The summed E-state index contributed by atoms with van der Waals surface area (Å²) in [5.74, 6) is 1.24. The van der Waals surface area contributed by atoms with Crippen LogP contribution in [0.3, 0.4) is 0 Å². The van der Waals surface area contributed by atoms with Gasteiger partial charge in [0.1, 0.15) is 17.6 Å². The lowest BCUT2D eigenvalue weighted by Crippen LogP contribution is -2.39. The van der Waals surface area contributed by atoms with Gasteiger partial charge in [-0.25, -0.2) is 0 Å². The molecule has 1 aliphatic rings. The molecular weight excluding hydrogens is 348 g/mol. The van der Waals surface area contributed by atoms with Gasteiger partial charge < -0.3 is 19.3 Å². The van der Waals surface area contributed by atoms with E-state index in [-0.39, 0.29) is 24.0 Å². The highest BCUT2D eigenvalue weighted by Crippen LogP contribution is 2.31. The molecule has 8 nitrogen and oxygen atoms in total. The molecule has 1 amide bonds. The fourth-order valence-electron chi connectivity index (χ4n) is 3.22. The van der Waals surface area contributed by atoms with E-state index in [0.717, 1.165) is 30.6 Å². The van der Waals surface area contributed by atoms with Gasteiger partial charge in [0.05, 0.1) is 11.8 Å². The van der Waals surface area contributed by atoms with Gasteiger partial charge in [0, 0.05) is 32.4 Å². The van der Waals surface area contributed by atoms with E-state index in [1.54, 1.807) is 24.0 Å².